The maximum Gasteiger partial charge on any atom is 0.272 e. The van der Waals surface area contributed by atoms with Crippen molar-refractivity contribution in [3.63, 3.8) is 0 Å². The van der Waals surface area contributed by atoms with Gasteiger partial charge in [-0.1, -0.05) is 89.4 Å². The molecule has 0 unspecified atom stereocenters. The van der Waals surface area contributed by atoms with Gasteiger partial charge in [-0.05, 0) is 28.8 Å². The molecule has 0 saturated carbocycles. The number of alkyl halides is 3. The standard InChI is InChI=1S/C26H25Cl3N2O4S/c27-26(28,29)25(33)31-14-17-4-10-20(11-5-17)24-34-21(16-36-23-3-1-2-12-30-23)13-22(35-24)19-8-6-18(15-32)7-9-19/h1-12,21-22,24,32H,13-16H2,(H,31,33)/t21-,22+,24+/m0/s1. The molecular weight excluding hydrogens is 543 g/mol. The van der Waals surface area contributed by atoms with Crippen molar-refractivity contribution >= 4 is 52.5 Å². The summed E-state index contributed by atoms with van der Waals surface area (Å²) in [4.78, 5) is 16.2. The van der Waals surface area contributed by atoms with Crippen LogP contribution in [0, 0.1) is 0 Å². The van der Waals surface area contributed by atoms with Crippen molar-refractivity contribution in [1.29, 1.82) is 0 Å². The number of nitrogens with one attached hydrogen (secondary N) is 1. The number of carbonyl (C=O) groups excluding carboxylic acids is 1. The van der Waals surface area contributed by atoms with Gasteiger partial charge in [0.15, 0.2) is 6.29 Å². The molecule has 0 spiro atoms. The number of rotatable bonds is 8. The third-order valence-corrected chi connectivity index (χ3v) is 7.22. The van der Waals surface area contributed by atoms with Crippen LogP contribution in [0.15, 0.2) is 78.0 Å². The average Bonchev–Trinajstić information content (AvgIpc) is 2.90. The molecule has 10 heteroatoms. The van der Waals surface area contributed by atoms with Crippen molar-refractivity contribution in [3.05, 3.63) is 95.2 Å². The molecule has 3 aromatic rings. The molecule has 1 saturated heterocycles. The second-order valence-corrected chi connectivity index (χ2v) is 11.6. The summed E-state index contributed by atoms with van der Waals surface area (Å²) in [5, 5.41) is 12.9. The molecule has 2 aromatic carbocycles. The minimum atomic E-state index is -2.00. The van der Waals surface area contributed by atoms with E-state index in [2.05, 4.69) is 10.3 Å². The van der Waals surface area contributed by atoms with Crippen LogP contribution in [-0.2, 0) is 27.4 Å². The number of amides is 1. The maximum atomic E-state index is 11.8. The molecule has 0 aliphatic carbocycles. The number of hydrogen-bond donors (Lipinski definition) is 2. The molecule has 190 valence electrons. The normalized spacial score (nSPS) is 20.2. The van der Waals surface area contributed by atoms with E-state index in [4.69, 9.17) is 44.3 Å². The van der Waals surface area contributed by atoms with Crippen molar-refractivity contribution < 1.29 is 19.4 Å². The molecular formula is C26H25Cl3N2O4S. The smallest absolute Gasteiger partial charge is 0.272 e. The molecule has 6 nitrogen and oxygen atoms in total. The first-order valence-corrected chi connectivity index (χ1v) is 13.4. The van der Waals surface area contributed by atoms with E-state index < -0.39 is 16.0 Å². The maximum absolute atomic E-state index is 11.8. The molecule has 0 radical (unpaired) electrons. The number of aliphatic hydroxyl groups is 1. The molecule has 36 heavy (non-hydrogen) atoms. The Hall–Kier alpha value is -1.84. The molecule has 1 aromatic heterocycles. The first-order valence-electron chi connectivity index (χ1n) is 11.3. The highest BCUT2D eigenvalue weighted by Gasteiger charge is 2.33. The first kappa shape index (κ1) is 27.2. The summed E-state index contributed by atoms with van der Waals surface area (Å²) < 4.78 is 10.7. The van der Waals surface area contributed by atoms with Gasteiger partial charge in [0.25, 0.3) is 9.70 Å². The molecule has 4 rings (SSSR count). The Morgan fingerprint density at radius 3 is 2.33 bits per heavy atom. The molecule has 2 N–H and O–H groups in total. The number of pyridine rings is 1. The lowest BCUT2D eigenvalue weighted by atomic mass is 10.0. The van der Waals surface area contributed by atoms with E-state index >= 15 is 0 Å². The summed E-state index contributed by atoms with van der Waals surface area (Å²) in [6.07, 6.45) is 1.66. The van der Waals surface area contributed by atoms with Gasteiger partial charge in [-0.3, -0.25) is 4.79 Å². The molecule has 1 fully saturated rings. The van der Waals surface area contributed by atoms with Crippen molar-refractivity contribution in [2.24, 2.45) is 0 Å². The summed E-state index contributed by atoms with van der Waals surface area (Å²) in [5.41, 5.74) is 3.58. The van der Waals surface area contributed by atoms with Crippen LogP contribution < -0.4 is 5.32 Å². The summed E-state index contributed by atoms with van der Waals surface area (Å²) in [6, 6.07) is 21.2. The van der Waals surface area contributed by atoms with Crippen LogP contribution in [0.3, 0.4) is 0 Å². The summed E-state index contributed by atoms with van der Waals surface area (Å²) >= 11 is 18.5. The van der Waals surface area contributed by atoms with Crippen LogP contribution in [0.4, 0.5) is 0 Å². The predicted octanol–water partition coefficient (Wildman–Crippen LogP) is 5.90. The van der Waals surface area contributed by atoms with Gasteiger partial charge in [0.2, 0.25) is 0 Å². The Kier molecular flexibility index (Phi) is 9.52. The van der Waals surface area contributed by atoms with Crippen LogP contribution >= 0.6 is 46.6 Å². The Morgan fingerprint density at radius 1 is 1.00 bits per heavy atom. The molecule has 1 aliphatic heterocycles. The number of halogens is 3. The lowest BCUT2D eigenvalue weighted by molar-refractivity contribution is -0.245. The highest BCUT2D eigenvalue weighted by Crippen LogP contribution is 2.39. The number of aliphatic hydroxyl groups excluding tert-OH is 1. The lowest BCUT2D eigenvalue weighted by Crippen LogP contribution is -2.34. The number of carbonyl (C=O) groups is 1. The van der Waals surface area contributed by atoms with E-state index in [1.54, 1.807) is 18.0 Å². The fourth-order valence-electron chi connectivity index (χ4n) is 3.71. The monoisotopic (exact) mass is 566 g/mol. The zero-order valence-electron chi connectivity index (χ0n) is 19.1. The number of ether oxygens (including phenoxy) is 2. The highest BCUT2D eigenvalue weighted by atomic mass is 35.6. The van der Waals surface area contributed by atoms with E-state index in [-0.39, 0.29) is 25.4 Å². The number of thioether (sulfide) groups is 1. The second-order valence-electron chi connectivity index (χ2n) is 8.25. The number of benzene rings is 2. The minimum absolute atomic E-state index is 0.00462. The summed E-state index contributed by atoms with van der Waals surface area (Å²) in [6.45, 7) is 0.220. The zero-order chi connectivity index (χ0) is 25.5. The topological polar surface area (TPSA) is 80.7 Å². The molecule has 1 aliphatic rings. The van der Waals surface area contributed by atoms with Crippen LogP contribution in [0.5, 0.6) is 0 Å². The van der Waals surface area contributed by atoms with E-state index in [9.17, 15) is 9.90 Å². The Balaban J connectivity index is 1.47. The molecule has 1 amide bonds. The number of hydrogen-bond acceptors (Lipinski definition) is 6. The number of nitrogens with zero attached hydrogens (tertiary/aromatic N) is 1. The third-order valence-electron chi connectivity index (χ3n) is 5.63. The largest absolute Gasteiger partial charge is 0.392 e. The Labute approximate surface area is 229 Å². The van der Waals surface area contributed by atoms with E-state index in [0.717, 1.165) is 33.0 Å². The van der Waals surface area contributed by atoms with Gasteiger partial charge in [-0.2, -0.15) is 0 Å². The first-order chi connectivity index (χ1) is 17.3. The molecule has 0 bridgehead atoms. The van der Waals surface area contributed by atoms with Gasteiger partial charge in [0.1, 0.15) is 0 Å². The zero-order valence-corrected chi connectivity index (χ0v) is 22.2. The van der Waals surface area contributed by atoms with Crippen molar-refractivity contribution in [2.45, 2.75) is 46.9 Å². The van der Waals surface area contributed by atoms with Gasteiger partial charge in [-0.25, -0.2) is 4.98 Å². The average molecular weight is 568 g/mol. The fourth-order valence-corrected chi connectivity index (χ4v) is 4.79. The highest BCUT2D eigenvalue weighted by molar-refractivity contribution is 7.99. The Morgan fingerprint density at radius 2 is 1.69 bits per heavy atom. The van der Waals surface area contributed by atoms with Crippen LogP contribution in [0.25, 0.3) is 0 Å². The second kappa shape index (κ2) is 12.6. The van der Waals surface area contributed by atoms with Crippen LogP contribution in [-0.4, -0.2) is 31.6 Å². The quantitative estimate of drug-likeness (QED) is 0.261. The van der Waals surface area contributed by atoms with E-state index in [0.29, 0.717) is 6.42 Å². The third kappa shape index (κ3) is 7.59. The van der Waals surface area contributed by atoms with Gasteiger partial charge >= 0.3 is 0 Å². The summed E-state index contributed by atoms with van der Waals surface area (Å²) in [5.74, 6) is 0.0438. The van der Waals surface area contributed by atoms with Crippen molar-refractivity contribution in [2.75, 3.05) is 5.75 Å². The Bertz CT molecular complexity index is 1130. The molecule has 3 atom stereocenters. The van der Waals surface area contributed by atoms with Gasteiger partial charge in [-0.15, -0.1) is 11.8 Å². The fraction of sp³-hybridized carbons (Fsp3) is 0.308. The van der Waals surface area contributed by atoms with Gasteiger partial charge in [0, 0.05) is 30.5 Å². The minimum Gasteiger partial charge on any atom is -0.392 e. The molecule has 2 heterocycles. The number of aromatic nitrogens is 1. The van der Waals surface area contributed by atoms with E-state index in [1.807, 2.05) is 66.7 Å². The summed E-state index contributed by atoms with van der Waals surface area (Å²) in [7, 11) is 0. The van der Waals surface area contributed by atoms with Crippen molar-refractivity contribution in [3.8, 4) is 0 Å². The van der Waals surface area contributed by atoms with Gasteiger partial charge in [0.05, 0.1) is 23.8 Å². The van der Waals surface area contributed by atoms with Crippen molar-refractivity contribution in [1.82, 2.24) is 10.3 Å². The lowest BCUT2D eigenvalue weighted by Gasteiger charge is -2.36. The van der Waals surface area contributed by atoms with Crippen LogP contribution in [0.2, 0.25) is 0 Å². The van der Waals surface area contributed by atoms with Crippen LogP contribution in [0.1, 0.15) is 41.1 Å². The van der Waals surface area contributed by atoms with E-state index in [1.165, 1.54) is 0 Å². The predicted molar refractivity (Wildman–Crippen MR) is 142 cm³/mol. The SMILES string of the molecule is O=C(NCc1ccc([C@@H]2O[C@H](CSc3ccccn3)C[C@H](c3ccc(CO)cc3)O2)cc1)C(Cl)(Cl)Cl. The van der Waals surface area contributed by atoms with Gasteiger partial charge < -0.3 is 19.9 Å².